The minimum absolute atomic E-state index is 0.440. The molecule has 0 amide bonds. The SMILES string of the molecule is O[C@@H](c1ccc(OC/C=C/c2ccccc2)cc1)[C@@H](O)c1ccc(OC/C=C/c2ccccc2)cc1. The summed E-state index contributed by atoms with van der Waals surface area (Å²) in [5.41, 5.74) is 3.46. The molecule has 2 N–H and O–H groups in total. The first-order valence-corrected chi connectivity index (χ1v) is 11.9. The molecule has 36 heavy (non-hydrogen) atoms. The molecule has 0 saturated carbocycles. The Hall–Kier alpha value is -4.12. The van der Waals surface area contributed by atoms with Crippen LogP contribution in [0.5, 0.6) is 11.5 Å². The van der Waals surface area contributed by atoms with Crippen LogP contribution in [0, 0.1) is 0 Å². The molecule has 0 aliphatic rings. The van der Waals surface area contributed by atoms with Gasteiger partial charge >= 0.3 is 0 Å². The largest absolute Gasteiger partial charge is 0.490 e. The summed E-state index contributed by atoms with van der Waals surface area (Å²) in [5, 5.41) is 21.4. The molecule has 4 aromatic rings. The summed E-state index contributed by atoms with van der Waals surface area (Å²) in [4.78, 5) is 0. The lowest BCUT2D eigenvalue weighted by atomic mass is 9.98. The average molecular weight is 479 g/mol. The van der Waals surface area contributed by atoms with Crippen molar-refractivity contribution in [1.82, 2.24) is 0 Å². The van der Waals surface area contributed by atoms with E-state index in [2.05, 4.69) is 0 Å². The highest BCUT2D eigenvalue weighted by Crippen LogP contribution is 2.30. The lowest BCUT2D eigenvalue weighted by molar-refractivity contribution is 0.0172. The second kappa shape index (κ2) is 13.1. The van der Waals surface area contributed by atoms with Gasteiger partial charge in [0.2, 0.25) is 0 Å². The summed E-state index contributed by atoms with van der Waals surface area (Å²) in [6, 6.07) is 34.3. The molecule has 2 atom stereocenters. The van der Waals surface area contributed by atoms with Crippen LogP contribution < -0.4 is 9.47 Å². The first-order chi connectivity index (χ1) is 17.7. The Labute approximate surface area is 212 Å². The van der Waals surface area contributed by atoms with Crippen molar-refractivity contribution < 1.29 is 19.7 Å². The molecule has 0 bridgehead atoms. The third-order valence-corrected chi connectivity index (χ3v) is 5.65. The zero-order valence-electron chi connectivity index (χ0n) is 20.0. The zero-order chi connectivity index (χ0) is 25.0. The topological polar surface area (TPSA) is 58.9 Å². The predicted molar refractivity (Wildman–Crippen MR) is 145 cm³/mol. The van der Waals surface area contributed by atoms with E-state index < -0.39 is 12.2 Å². The Kier molecular flexibility index (Phi) is 9.09. The summed E-state index contributed by atoms with van der Waals surface area (Å²) in [6.45, 7) is 0.881. The Balaban J connectivity index is 1.25. The van der Waals surface area contributed by atoms with Gasteiger partial charge in [-0.25, -0.2) is 0 Å². The van der Waals surface area contributed by atoms with Crippen molar-refractivity contribution in [2.24, 2.45) is 0 Å². The fourth-order valence-corrected chi connectivity index (χ4v) is 3.67. The van der Waals surface area contributed by atoms with Gasteiger partial charge in [0.05, 0.1) is 0 Å². The van der Waals surface area contributed by atoms with Crippen molar-refractivity contribution in [2.45, 2.75) is 12.2 Å². The summed E-state index contributed by atoms with van der Waals surface area (Å²) in [6.07, 6.45) is 5.80. The highest BCUT2D eigenvalue weighted by Gasteiger charge is 2.20. The standard InChI is InChI=1S/C32H30O4/c33-31(27-15-19-29(20-16-27)35-23-7-13-25-9-3-1-4-10-25)32(34)28-17-21-30(22-18-28)36-24-8-14-26-11-5-2-6-12-26/h1-22,31-34H,23-24H2/b13-7+,14-8+/t31-,32-/m0/s1. The van der Waals surface area contributed by atoms with Crippen LogP contribution in [0.1, 0.15) is 34.5 Å². The van der Waals surface area contributed by atoms with Gasteiger partial charge in [-0.3, -0.25) is 0 Å². The molecule has 4 heteroatoms. The molecule has 4 aromatic carbocycles. The molecule has 182 valence electrons. The van der Waals surface area contributed by atoms with Crippen molar-refractivity contribution in [1.29, 1.82) is 0 Å². The quantitative estimate of drug-likeness (QED) is 0.254. The summed E-state index contributed by atoms with van der Waals surface area (Å²) in [7, 11) is 0. The minimum atomic E-state index is -1.06. The highest BCUT2D eigenvalue weighted by molar-refractivity contribution is 5.49. The number of hydrogen-bond acceptors (Lipinski definition) is 4. The predicted octanol–water partition coefficient (Wildman–Crippen LogP) is 6.64. The van der Waals surface area contributed by atoms with Crippen LogP contribution in [0.2, 0.25) is 0 Å². The van der Waals surface area contributed by atoms with Crippen LogP contribution in [-0.4, -0.2) is 23.4 Å². The van der Waals surface area contributed by atoms with Crippen LogP contribution >= 0.6 is 0 Å². The molecule has 0 fully saturated rings. The van der Waals surface area contributed by atoms with E-state index >= 15 is 0 Å². The summed E-state index contributed by atoms with van der Waals surface area (Å²) in [5.74, 6) is 1.39. The molecule has 0 radical (unpaired) electrons. The second-order valence-electron chi connectivity index (χ2n) is 8.28. The van der Waals surface area contributed by atoms with E-state index in [-0.39, 0.29) is 0 Å². The second-order valence-corrected chi connectivity index (χ2v) is 8.28. The van der Waals surface area contributed by atoms with E-state index in [0.717, 1.165) is 11.1 Å². The van der Waals surface area contributed by atoms with E-state index in [9.17, 15) is 10.2 Å². The number of benzene rings is 4. The molecule has 0 saturated heterocycles. The van der Waals surface area contributed by atoms with E-state index in [1.54, 1.807) is 48.5 Å². The number of aliphatic hydroxyl groups is 2. The Morgan fingerprint density at radius 2 is 0.861 bits per heavy atom. The third-order valence-electron chi connectivity index (χ3n) is 5.65. The highest BCUT2D eigenvalue weighted by atomic mass is 16.5. The van der Waals surface area contributed by atoms with E-state index in [0.29, 0.717) is 35.8 Å². The number of hydrogen-bond donors (Lipinski definition) is 2. The van der Waals surface area contributed by atoms with Gasteiger partial charge in [0.25, 0.3) is 0 Å². The van der Waals surface area contributed by atoms with Gasteiger partial charge in [-0.15, -0.1) is 0 Å². The van der Waals surface area contributed by atoms with Gasteiger partial charge in [0.1, 0.15) is 36.9 Å². The number of rotatable bonds is 11. The summed E-state index contributed by atoms with van der Waals surface area (Å²) < 4.78 is 11.5. The normalized spacial score (nSPS) is 13.1. The van der Waals surface area contributed by atoms with E-state index in [4.69, 9.17) is 9.47 Å². The molecule has 0 aliphatic carbocycles. The van der Waals surface area contributed by atoms with Crippen LogP contribution in [0.25, 0.3) is 12.2 Å². The fourth-order valence-electron chi connectivity index (χ4n) is 3.67. The van der Waals surface area contributed by atoms with Crippen LogP contribution in [0.3, 0.4) is 0 Å². The van der Waals surface area contributed by atoms with E-state index in [1.807, 2.05) is 85.0 Å². The number of aliphatic hydroxyl groups excluding tert-OH is 2. The van der Waals surface area contributed by atoms with Gasteiger partial charge in [-0.1, -0.05) is 97.1 Å². The smallest absolute Gasteiger partial charge is 0.119 e. The maximum absolute atomic E-state index is 10.7. The Bertz CT molecular complexity index is 1130. The van der Waals surface area contributed by atoms with Gasteiger partial charge in [-0.05, 0) is 58.7 Å². The fraction of sp³-hybridized carbons (Fsp3) is 0.125. The van der Waals surface area contributed by atoms with Crippen molar-refractivity contribution in [3.63, 3.8) is 0 Å². The molecule has 0 unspecified atom stereocenters. The van der Waals surface area contributed by atoms with Crippen LogP contribution in [-0.2, 0) is 0 Å². The maximum atomic E-state index is 10.7. The summed E-state index contributed by atoms with van der Waals surface area (Å²) >= 11 is 0. The number of ether oxygens (including phenoxy) is 2. The van der Waals surface area contributed by atoms with Crippen molar-refractivity contribution >= 4 is 12.2 Å². The van der Waals surface area contributed by atoms with E-state index in [1.165, 1.54) is 0 Å². The van der Waals surface area contributed by atoms with Crippen LogP contribution in [0.15, 0.2) is 121 Å². The first kappa shape index (κ1) is 25.0. The van der Waals surface area contributed by atoms with Crippen molar-refractivity contribution in [3.8, 4) is 11.5 Å². The van der Waals surface area contributed by atoms with Crippen molar-refractivity contribution in [2.75, 3.05) is 13.2 Å². The minimum Gasteiger partial charge on any atom is -0.490 e. The third kappa shape index (κ3) is 7.44. The maximum Gasteiger partial charge on any atom is 0.119 e. The molecule has 0 spiro atoms. The molecule has 4 nitrogen and oxygen atoms in total. The molecular formula is C32H30O4. The van der Waals surface area contributed by atoms with Gasteiger partial charge in [0, 0.05) is 0 Å². The molecular weight excluding hydrogens is 448 g/mol. The lowest BCUT2D eigenvalue weighted by Gasteiger charge is -2.19. The van der Waals surface area contributed by atoms with Crippen LogP contribution in [0.4, 0.5) is 0 Å². The average Bonchev–Trinajstić information content (AvgIpc) is 2.94. The van der Waals surface area contributed by atoms with Gasteiger partial charge in [0.15, 0.2) is 0 Å². The monoisotopic (exact) mass is 478 g/mol. The molecule has 4 rings (SSSR count). The molecule has 0 aromatic heterocycles. The first-order valence-electron chi connectivity index (χ1n) is 11.9. The van der Waals surface area contributed by atoms with Gasteiger partial charge < -0.3 is 19.7 Å². The lowest BCUT2D eigenvalue weighted by Crippen LogP contribution is -2.10. The molecule has 0 aliphatic heterocycles. The van der Waals surface area contributed by atoms with Crippen molar-refractivity contribution in [3.05, 3.63) is 144 Å². The molecule has 0 heterocycles. The Morgan fingerprint density at radius 1 is 0.500 bits per heavy atom. The van der Waals surface area contributed by atoms with Gasteiger partial charge in [-0.2, -0.15) is 0 Å². The zero-order valence-corrected chi connectivity index (χ0v) is 20.0. The Morgan fingerprint density at radius 3 is 1.22 bits per heavy atom.